The van der Waals surface area contributed by atoms with Gasteiger partial charge in [-0.1, -0.05) is 41.9 Å². The van der Waals surface area contributed by atoms with Crippen LogP contribution in [0.4, 0.5) is 10.7 Å². The second kappa shape index (κ2) is 9.33. The van der Waals surface area contributed by atoms with Crippen LogP contribution in [-0.4, -0.2) is 42.0 Å². The number of piperidine rings is 1. The molecule has 2 aromatic heterocycles. The predicted octanol–water partition coefficient (Wildman–Crippen LogP) is 4.29. The molecule has 0 radical (unpaired) electrons. The standard InChI is InChI=1S/C23H25N5O2S/c1-15-18(20(27-30-15)16-8-4-2-5-9-16)21(29)22-19(25)17(14-24)23(31-22)26-10-13-28-11-6-3-7-12-28/h2,4-5,8-9,26H,3,6-7,10-13,25H2,1H3. The Bertz CT molecular complexity index is 1110. The fourth-order valence-corrected chi connectivity index (χ4v) is 4.95. The highest BCUT2D eigenvalue weighted by Gasteiger charge is 2.28. The first-order chi connectivity index (χ1) is 15.1. The fraction of sp³-hybridized carbons (Fsp3) is 0.348. The number of nitrogen functional groups attached to an aromatic ring is 1. The van der Waals surface area contributed by atoms with Crippen molar-refractivity contribution in [2.45, 2.75) is 26.2 Å². The number of likely N-dealkylation sites (tertiary alicyclic amines) is 1. The molecule has 1 aromatic carbocycles. The topological polar surface area (TPSA) is 108 Å². The van der Waals surface area contributed by atoms with E-state index < -0.39 is 0 Å². The van der Waals surface area contributed by atoms with Crippen molar-refractivity contribution in [3.05, 3.63) is 52.1 Å². The van der Waals surface area contributed by atoms with E-state index >= 15 is 0 Å². The van der Waals surface area contributed by atoms with E-state index in [-0.39, 0.29) is 11.5 Å². The summed E-state index contributed by atoms with van der Waals surface area (Å²) in [5.41, 5.74) is 8.42. The van der Waals surface area contributed by atoms with Gasteiger partial charge in [-0.05, 0) is 32.9 Å². The molecule has 0 bridgehead atoms. The molecule has 3 N–H and O–H groups in total. The summed E-state index contributed by atoms with van der Waals surface area (Å²) in [4.78, 5) is 16.2. The Morgan fingerprint density at radius 2 is 2.03 bits per heavy atom. The van der Waals surface area contributed by atoms with Crippen molar-refractivity contribution < 1.29 is 9.32 Å². The van der Waals surface area contributed by atoms with Crippen molar-refractivity contribution in [1.29, 1.82) is 5.26 Å². The molecule has 0 atom stereocenters. The van der Waals surface area contributed by atoms with Crippen LogP contribution in [0.25, 0.3) is 11.3 Å². The lowest BCUT2D eigenvalue weighted by atomic mass is 10.0. The van der Waals surface area contributed by atoms with Crippen LogP contribution in [0.15, 0.2) is 34.9 Å². The minimum atomic E-state index is -0.277. The molecule has 3 heterocycles. The average molecular weight is 436 g/mol. The number of nitrogens with zero attached hydrogens (tertiary/aromatic N) is 3. The van der Waals surface area contributed by atoms with Crippen LogP contribution in [0.5, 0.6) is 0 Å². The van der Waals surface area contributed by atoms with Crippen molar-refractivity contribution in [1.82, 2.24) is 10.1 Å². The molecule has 3 aromatic rings. The van der Waals surface area contributed by atoms with Crippen LogP contribution in [-0.2, 0) is 0 Å². The number of anilines is 2. The summed E-state index contributed by atoms with van der Waals surface area (Å²) >= 11 is 1.22. The fourth-order valence-electron chi connectivity index (χ4n) is 3.90. The number of aryl methyl sites for hydroxylation is 1. The van der Waals surface area contributed by atoms with E-state index in [0.717, 1.165) is 25.2 Å². The van der Waals surface area contributed by atoms with Gasteiger partial charge in [-0.15, -0.1) is 11.3 Å². The Kier molecular flexibility index (Phi) is 6.35. The van der Waals surface area contributed by atoms with Gasteiger partial charge in [-0.3, -0.25) is 4.79 Å². The Hall–Kier alpha value is -3.15. The highest BCUT2D eigenvalue weighted by molar-refractivity contribution is 7.19. The molecule has 1 aliphatic heterocycles. The molecule has 0 spiro atoms. The first-order valence-corrected chi connectivity index (χ1v) is 11.3. The van der Waals surface area contributed by atoms with Gasteiger partial charge in [-0.25, -0.2) is 0 Å². The van der Waals surface area contributed by atoms with E-state index in [1.807, 2.05) is 30.3 Å². The van der Waals surface area contributed by atoms with Gasteiger partial charge in [0.2, 0.25) is 5.78 Å². The minimum absolute atomic E-state index is 0.206. The summed E-state index contributed by atoms with van der Waals surface area (Å²) in [5.74, 6) is 0.149. The number of carbonyl (C=O) groups excluding carboxylic acids is 1. The largest absolute Gasteiger partial charge is 0.396 e. The van der Waals surface area contributed by atoms with Gasteiger partial charge in [0.25, 0.3) is 0 Å². The molecule has 0 amide bonds. The van der Waals surface area contributed by atoms with Crippen molar-refractivity contribution in [3.63, 3.8) is 0 Å². The molecule has 7 nitrogen and oxygen atoms in total. The van der Waals surface area contributed by atoms with Crippen LogP contribution in [0.1, 0.15) is 45.8 Å². The molecule has 8 heteroatoms. The van der Waals surface area contributed by atoms with Crippen LogP contribution in [0, 0.1) is 18.3 Å². The predicted molar refractivity (Wildman–Crippen MR) is 122 cm³/mol. The molecular weight excluding hydrogens is 410 g/mol. The van der Waals surface area contributed by atoms with Crippen LogP contribution < -0.4 is 11.1 Å². The maximum atomic E-state index is 13.4. The second-order valence-electron chi connectivity index (χ2n) is 7.65. The number of ketones is 1. The lowest BCUT2D eigenvalue weighted by Crippen LogP contribution is -2.33. The number of hydrogen-bond donors (Lipinski definition) is 2. The number of nitrogens with one attached hydrogen (secondary N) is 1. The lowest BCUT2D eigenvalue weighted by molar-refractivity contribution is 0.104. The summed E-state index contributed by atoms with van der Waals surface area (Å²) in [6.45, 7) is 5.52. The zero-order valence-corrected chi connectivity index (χ0v) is 18.3. The molecule has 1 saturated heterocycles. The number of benzene rings is 1. The number of nitriles is 1. The summed E-state index contributed by atoms with van der Waals surface area (Å²) in [6.07, 6.45) is 3.76. The Morgan fingerprint density at radius 3 is 2.74 bits per heavy atom. The quantitative estimate of drug-likeness (QED) is 0.533. The maximum Gasteiger partial charge on any atom is 0.211 e. The van der Waals surface area contributed by atoms with Crippen molar-refractivity contribution in [2.24, 2.45) is 0 Å². The molecular formula is C23H25N5O2S. The number of nitrogens with two attached hydrogens (primary N) is 1. The SMILES string of the molecule is Cc1onc(-c2ccccc2)c1C(=O)c1sc(NCCN2CCCCC2)c(C#N)c1N. The lowest BCUT2D eigenvalue weighted by Gasteiger charge is -2.26. The summed E-state index contributed by atoms with van der Waals surface area (Å²) in [5, 5.41) is 17.7. The third-order valence-corrected chi connectivity index (χ3v) is 6.72. The van der Waals surface area contributed by atoms with Crippen LogP contribution in [0.3, 0.4) is 0 Å². The second-order valence-corrected chi connectivity index (χ2v) is 8.67. The van der Waals surface area contributed by atoms with Gasteiger partial charge in [-0.2, -0.15) is 5.26 Å². The summed E-state index contributed by atoms with van der Waals surface area (Å²) in [6, 6.07) is 11.6. The Labute approximate surface area is 185 Å². The molecule has 0 aliphatic carbocycles. The number of carbonyl (C=O) groups is 1. The highest BCUT2D eigenvalue weighted by Crippen LogP contribution is 2.38. The van der Waals surface area contributed by atoms with Crippen LogP contribution in [0.2, 0.25) is 0 Å². The van der Waals surface area contributed by atoms with E-state index in [1.54, 1.807) is 6.92 Å². The molecule has 31 heavy (non-hydrogen) atoms. The molecule has 1 fully saturated rings. The Morgan fingerprint density at radius 1 is 1.29 bits per heavy atom. The van der Waals surface area contributed by atoms with E-state index in [9.17, 15) is 10.1 Å². The zero-order chi connectivity index (χ0) is 21.8. The zero-order valence-electron chi connectivity index (χ0n) is 17.5. The van der Waals surface area contributed by atoms with Crippen molar-refractivity contribution >= 4 is 27.8 Å². The van der Waals surface area contributed by atoms with E-state index in [2.05, 4.69) is 21.4 Å². The Balaban J connectivity index is 1.58. The summed E-state index contributed by atoms with van der Waals surface area (Å²) < 4.78 is 5.33. The molecule has 4 rings (SSSR count). The van der Waals surface area contributed by atoms with Gasteiger partial charge < -0.3 is 20.5 Å². The normalized spacial score (nSPS) is 14.3. The maximum absolute atomic E-state index is 13.4. The van der Waals surface area contributed by atoms with Gasteiger partial charge in [0.15, 0.2) is 0 Å². The van der Waals surface area contributed by atoms with Gasteiger partial charge in [0, 0.05) is 18.7 Å². The third kappa shape index (κ3) is 4.33. The number of aromatic nitrogens is 1. The van der Waals surface area contributed by atoms with E-state index in [1.165, 1.54) is 30.6 Å². The highest BCUT2D eigenvalue weighted by atomic mass is 32.1. The molecule has 0 unspecified atom stereocenters. The number of rotatable bonds is 7. The molecule has 0 saturated carbocycles. The van der Waals surface area contributed by atoms with Gasteiger partial charge in [0.1, 0.15) is 33.0 Å². The minimum Gasteiger partial charge on any atom is -0.396 e. The molecule has 160 valence electrons. The molecule has 1 aliphatic rings. The number of hydrogen-bond acceptors (Lipinski definition) is 8. The van der Waals surface area contributed by atoms with Gasteiger partial charge >= 0.3 is 0 Å². The monoisotopic (exact) mass is 435 g/mol. The van der Waals surface area contributed by atoms with Crippen molar-refractivity contribution in [3.8, 4) is 17.3 Å². The first kappa shape index (κ1) is 21.1. The summed E-state index contributed by atoms with van der Waals surface area (Å²) in [7, 11) is 0. The van der Waals surface area contributed by atoms with E-state index in [0.29, 0.717) is 39.0 Å². The van der Waals surface area contributed by atoms with Crippen LogP contribution >= 0.6 is 11.3 Å². The average Bonchev–Trinajstić information content (AvgIpc) is 3.34. The first-order valence-electron chi connectivity index (χ1n) is 10.4. The van der Waals surface area contributed by atoms with Gasteiger partial charge in [0.05, 0.1) is 11.3 Å². The third-order valence-electron chi connectivity index (χ3n) is 5.56. The van der Waals surface area contributed by atoms with Crippen molar-refractivity contribution in [2.75, 3.05) is 37.2 Å². The number of thiophene rings is 1. The smallest absolute Gasteiger partial charge is 0.211 e. The van der Waals surface area contributed by atoms with E-state index in [4.69, 9.17) is 10.3 Å².